The average molecular weight is 1120 g/mol. The van der Waals surface area contributed by atoms with Gasteiger partial charge in [0.1, 0.15) is 30.1 Å². The lowest BCUT2D eigenvalue weighted by Crippen LogP contribution is -2.61. The van der Waals surface area contributed by atoms with Crippen LogP contribution < -0.4 is 5.32 Å². The third kappa shape index (κ3) is 15.9. The van der Waals surface area contributed by atoms with E-state index in [0.29, 0.717) is 75.6 Å². The predicted molar refractivity (Wildman–Crippen MR) is 296 cm³/mol. The van der Waals surface area contributed by atoms with Gasteiger partial charge in [-0.1, -0.05) is 71.1 Å². The Hall–Kier alpha value is -5.55. The van der Waals surface area contributed by atoms with E-state index in [9.17, 15) is 44.3 Å². The van der Waals surface area contributed by atoms with Crippen molar-refractivity contribution in [2.75, 3.05) is 46.3 Å². The molecule has 4 heterocycles. The van der Waals surface area contributed by atoms with Crippen LogP contribution in [0.3, 0.4) is 0 Å². The van der Waals surface area contributed by atoms with Gasteiger partial charge in [-0.2, -0.15) is 0 Å². The van der Waals surface area contributed by atoms with E-state index in [2.05, 4.69) is 15.6 Å². The van der Waals surface area contributed by atoms with Crippen molar-refractivity contribution in [1.29, 1.82) is 0 Å². The molecule has 0 spiro atoms. The molecule has 80 heavy (non-hydrogen) atoms. The number of non-ortho nitro benzene ring substituents is 1. The standard InChI is InChI=1S/C59H85N5O16/c1-34-16-12-11-13-17-35(2)48(74-8)32-42-21-19-40(7)59(71,79-42)56(68)57(69)63-26-15-14-18-45(63)58(70)78-49(33-46(65)36(3)29-39(6)54(67)55(76-10)53(66)38(5)28-34)37(4)30-41-20-24-47(50(31-41)75-9)77-27-25-60-43-22-23-44(64(72)73)52-51(43)61-80-62-52/h11-13,16-17,22-23,29,34,36-38,40-42,45,47-50,54-55,60,67,71H,14-15,18-21,24-28,30-33H2,1-10H3/b13-11+,16-12+,35-17+,39-29+/t34-,36-,37-,38-,40-,41-,42+,45+,47-,48+,49+,50-,54-,55+,59-/m1/s1. The number of amides is 1. The number of ether oxygens (including phenoxy) is 6. The van der Waals surface area contributed by atoms with Crippen LogP contribution in [0, 0.1) is 45.6 Å². The maximum Gasteiger partial charge on any atom is 0.329 e. The van der Waals surface area contributed by atoms with E-state index in [1.54, 1.807) is 54.1 Å². The summed E-state index contributed by atoms with van der Waals surface area (Å²) in [6, 6.07) is 1.69. The van der Waals surface area contributed by atoms with Gasteiger partial charge in [-0.3, -0.25) is 29.3 Å². The Morgan fingerprint density at radius 1 is 0.887 bits per heavy atom. The zero-order chi connectivity index (χ0) is 58.4. The number of hydrogen-bond donors (Lipinski definition) is 3. The number of nitro groups is 1. The number of allylic oxidation sites excluding steroid dienone is 6. The number of aliphatic hydroxyl groups excluding tert-OH is 1. The third-order valence-corrected chi connectivity index (χ3v) is 16.8. The Morgan fingerprint density at radius 2 is 1.64 bits per heavy atom. The largest absolute Gasteiger partial charge is 0.460 e. The molecule has 15 atom stereocenters. The van der Waals surface area contributed by atoms with Crippen LogP contribution in [0.25, 0.3) is 11.0 Å². The molecule has 0 radical (unpaired) electrons. The van der Waals surface area contributed by atoms with Crippen molar-refractivity contribution >= 4 is 51.6 Å². The van der Waals surface area contributed by atoms with Crippen molar-refractivity contribution in [3.63, 3.8) is 0 Å². The van der Waals surface area contributed by atoms with E-state index in [4.69, 9.17) is 33.1 Å². The number of carbonyl (C=O) groups is 5. The zero-order valence-electron chi connectivity index (χ0n) is 48.2. The number of benzene rings is 1. The van der Waals surface area contributed by atoms with Gasteiger partial charge in [0.05, 0.1) is 41.6 Å². The second kappa shape index (κ2) is 29.4. The molecule has 0 unspecified atom stereocenters. The van der Waals surface area contributed by atoms with Crippen molar-refractivity contribution in [1.82, 2.24) is 15.2 Å². The number of aromatic nitrogens is 2. The normalized spacial score (nSPS) is 35.0. The van der Waals surface area contributed by atoms with Crippen LogP contribution in [-0.2, 0) is 52.4 Å². The lowest BCUT2D eigenvalue weighted by atomic mass is 9.78. The molecule has 1 aliphatic carbocycles. The van der Waals surface area contributed by atoms with Gasteiger partial charge >= 0.3 is 11.7 Å². The number of hydrogen-bond acceptors (Lipinski definition) is 19. The topological polar surface area (TPSA) is 279 Å². The summed E-state index contributed by atoms with van der Waals surface area (Å²) in [4.78, 5) is 83.7. The molecule has 1 aromatic carbocycles. The monoisotopic (exact) mass is 1120 g/mol. The van der Waals surface area contributed by atoms with Crippen LogP contribution in [0.15, 0.2) is 64.4 Å². The van der Waals surface area contributed by atoms with Crippen molar-refractivity contribution in [3.05, 3.63) is 69.8 Å². The molecular weight excluding hydrogens is 1030 g/mol. The number of aliphatic hydroxyl groups is 2. The molecule has 2 aromatic rings. The van der Waals surface area contributed by atoms with Crippen molar-refractivity contribution < 1.29 is 72.2 Å². The quantitative estimate of drug-likeness (QED) is 0.0457. The van der Waals surface area contributed by atoms with Gasteiger partial charge in [-0.25, -0.2) is 9.42 Å². The highest BCUT2D eigenvalue weighted by molar-refractivity contribution is 6.39. The number of carbonyl (C=O) groups excluding carboxylic acids is 5. The maximum absolute atomic E-state index is 14.6. The first-order chi connectivity index (χ1) is 38.1. The number of Topliss-reactive ketones (excluding diaryl/α,β-unsaturated/α-hetero) is 3. The lowest BCUT2D eigenvalue weighted by molar-refractivity contribution is -0.383. The summed E-state index contributed by atoms with van der Waals surface area (Å²) in [6.07, 6.45) is 11.2. The summed E-state index contributed by atoms with van der Waals surface area (Å²) in [5, 5.41) is 45.8. The summed E-state index contributed by atoms with van der Waals surface area (Å²) in [7, 11) is 4.56. The number of nitrogens with one attached hydrogen (secondary N) is 1. The zero-order valence-corrected chi connectivity index (χ0v) is 48.2. The number of rotatable bonds is 12. The minimum Gasteiger partial charge on any atom is -0.460 e. The predicted octanol–water partition coefficient (Wildman–Crippen LogP) is 7.76. The fourth-order valence-corrected chi connectivity index (χ4v) is 11.8. The van der Waals surface area contributed by atoms with Gasteiger partial charge < -0.3 is 48.9 Å². The first kappa shape index (κ1) is 63.6. The highest BCUT2D eigenvalue weighted by Crippen LogP contribution is 2.38. The minimum atomic E-state index is -2.46. The summed E-state index contributed by atoms with van der Waals surface area (Å²) in [5.41, 5.74) is 1.78. The molecule has 442 valence electrons. The Bertz CT molecular complexity index is 2600. The summed E-state index contributed by atoms with van der Waals surface area (Å²) >= 11 is 0. The van der Waals surface area contributed by atoms with Crippen LogP contribution in [0.2, 0.25) is 0 Å². The summed E-state index contributed by atoms with van der Waals surface area (Å²) in [5.74, 6) is -8.35. The molecule has 4 aliphatic rings. The first-order valence-electron chi connectivity index (χ1n) is 28.4. The highest BCUT2D eigenvalue weighted by Gasteiger charge is 2.53. The smallest absolute Gasteiger partial charge is 0.329 e. The van der Waals surface area contributed by atoms with Gasteiger partial charge in [0.2, 0.25) is 11.3 Å². The molecular formula is C59H85N5O16. The Balaban J connectivity index is 1.22. The number of ketones is 3. The number of cyclic esters (lactones) is 1. The van der Waals surface area contributed by atoms with Crippen molar-refractivity contribution in [2.24, 2.45) is 35.5 Å². The van der Waals surface area contributed by atoms with Crippen molar-refractivity contribution in [2.45, 2.75) is 180 Å². The van der Waals surface area contributed by atoms with Crippen LogP contribution in [-0.4, -0.2) is 155 Å². The van der Waals surface area contributed by atoms with Crippen molar-refractivity contribution in [3.8, 4) is 0 Å². The lowest BCUT2D eigenvalue weighted by Gasteiger charge is -2.42. The number of piperidine rings is 1. The minimum absolute atomic E-state index is 0.00514. The first-order valence-corrected chi connectivity index (χ1v) is 28.4. The van der Waals surface area contributed by atoms with Gasteiger partial charge in [-0.15, -0.1) is 0 Å². The second-order valence-corrected chi connectivity index (χ2v) is 22.7. The fourth-order valence-electron chi connectivity index (χ4n) is 11.8. The van der Waals surface area contributed by atoms with Crippen LogP contribution in [0.4, 0.5) is 11.4 Å². The van der Waals surface area contributed by atoms with Gasteiger partial charge in [0.15, 0.2) is 11.3 Å². The molecule has 2 saturated heterocycles. The van der Waals surface area contributed by atoms with E-state index in [0.717, 1.165) is 12.0 Å². The van der Waals surface area contributed by atoms with E-state index < -0.39 is 88.6 Å². The van der Waals surface area contributed by atoms with E-state index in [-0.39, 0.29) is 78.3 Å². The van der Waals surface area contributed by atoms with Crippen LogP contribution in [0.1, 0.15) is 126 Å². The maximum atomic E-state index is 14.6. The van der Waals surface area contributed by atoms with E-state index >= 15 is 0 Å². The summed E-state index contributed by atoms with van der Waals surface area (Å²) < 4.78 is 41.1. The molecule has 1 saturated carbocycles. The average Bonchev–Trinajstić information content (AvgIpc) is 3.94. The van der Waals surface area contributed by atoms with Gasteiger partial charge in [-0.05, 0) is 123 Å². The van der Waals surface area contributed by atoms with Crippen LogP contribution in [0.5, 0.6) is 0 Å². The SMILES string of the molecule is CO[C@H]1C[C@@H]2CC[C@@H](C)[C@@](O)(O2)C(=O)C(=O)N2CCCC[C@H]2C(=O)O[C@H]([C@H](C)C[C@H]2CC[C@@H](OCCNc3ccc([N+](=O)[O-])c4nonc34)[C@H](OC)C2)CC(=O)[C@H](C)/C=C(\C)[C@@H](O)[C@@H](OC)C(=O)[C@H](C)C[C@H](C)/C=C/C=C/C=C/1C. The van der Waals surface area contributed by atoms with Crippen LogP contribution >= 0.6 is 0 Å². The fraction of sp³-hybridized carbons (Fsp3) is 0.678. The third-order valence-electron chi connectivity index (χ3n) is 16.8. The number of anilines is 1. The molecule has 21 heteroatoms. The Kier molecular flexibility index (Phi) is 23.4. The molecule has 3 fully saturated rings. The molecule has 2 bridgehead atoms. The number of fused-ring (bicyclic) bond motifs is 4. The van der Waals surface area contributed by atoms with Gasteiger partial charge in [0.25, 0.3) is 11.7 Å². The molecule has 3 N–H and O–H groups in total. The summed E-state index contributed by atoms with van der Waals surface area (Å²) in [6.45, 7) is 13.3. The highest BCUT2D eigenvalue weighted by atomic mass is 16.6. The number of nitro benzene ring substituents is 1. The van der Waals surface area contributed by atoms with E-state index in [1.807, 2.05) is 51.2 Å². The molecule has 21 nitrogen and oxygen atoms in total. The second-order valence-electron chi connectivity index (χ2n) is 22.7. The Morgan fingerprint density at radius 3 is 2.35 bits per heavy atom. The molecule has 6 rings (SSSR count). The number of esters is 1. The Labute approximate surface area is 469 Å². The van der Waals surface area contributed by atoms with Gasteiger partial charge in [0, 0.05) is 71.1 Å². The number of nitrogens with zero attached hydrogens (tertiary/aromatic N) is 4. The molecule has 1 aromatic heterocycles. The molecule has 3 aliphatic heterocycles. The van der Waals surface area contributed by atoms with E-state index in [1.165, 1.54) is 18.1 Å². The molecule has 1 amide bonds. The number of methoxy groups -OCH3 is 3.